The molecule has 1 unspecified atom stereocenters. The van der Waals surface area contributed by atoms with Crippen molar-refractivity contribution in [2.75, 3.05) is 10.5 Å². The Bertz CT molecular complexity index is 1380. The molecule has 0 saturated carbocycles. The third-order valence-electron chi connectivity index (χ3n) is 5.36. The number of amides is 1. The van der Waals surface area contributed by atoms with Crippen LogP contribution in [0.4, 0.5) is 5.69 Å². The molecule has 4 aromatic rings. The fourth-order valence-corrected chi connectivity index (χ4v) is 4.93. The van der Waals surface area contributed by atoms with Gasteiger partial charge in [0.2, 0.25) is 10.0 Å². The summed E-state index contributed by atoms with van der Waals surface area (Å²) >= 11 is 0. The first kappa shape index (κ1) is 22.5. The summed E-state index contributed by atoms with van der Waals surface area (Å²) in [5.74, 6) is 0.398. The average molecular weight is 463 g/mol. The van der Waals surface area contributed by atoms with Crippen LogP contribution in [0.2, 0.25) is 0 Å². The Morgan fingerprint density at radius 2 is 1.73 bits per heavy atom. The van der Waals surface area contributed by atoms with Gasteiger partial charge in [0.15, 0.2) is 0 Å². The molecule has 0 fully saturated rings. The lowest BCUT2D eigenvalue weighted by molar-refractivity contribution is 0.0941. The van der Waals surface area contributed by atoms with Crippen LogP contribution in [-0.2, 0) is 17.1 Å². The molecule has 1 aromatic heterocycles. The van der Waals surface area contributed by atoms with Gasteiger partial charge < -0.3 is 9.88 Å². The van der Waals surface area contributed by atoms with Crippen LogP contribution in [0.3, 0.4) is 0 Å². The van der Waals surface area contributed by atoms with E-state index in [-0.39, 0.29) is 11.7 Å². The van der Waals surface area contributed by atoms with E-state index in [2.05, 4.69) is 10.0 Å². The van der Waals surface area contributed by atoms with E-state index in [4.69, 9.17) is 4.98 Å². The van der Waals surface area contributed by atoms with Crippen LogP contribution >= 0.6 is 0 Å². The van der Waals surface area contributed by atoms with Crippen molar-refractivity contribution < 1.29 is 13.2 Å². The van der Waals surface area contributed by atoms with E-state index in [0.29, 0.717) is 23.5 Å². The van der Waals surface area contributed by atoms with Crippen LogP contribution in [0.15, 0.2) is 78.9 Å². The highest BCUT2D eigenvalue weighted by Gasteiger charge is 2.23. The van der Waals surface area contributed by atoms with Gasteiger partial charge in [-0.1, -0.05) is 55.5 Å². The molecule has 3 aromatic carbocycles. The van der Waals surface area contributed by atoms with Gasteiger partial charge >= 0.3 is 0 Å². The molecule has 0 bridgehead atoms. The quantitative estimate of drug-likeness (QED) is 0.410. The highest BCUT2D eigenvalue weighted by atomic mass is 32.2. The second-order valence-corrected chi connectivity index (χ2v) is 9.68. The van der Waals surface area contributed by atoms with Crippen molar-refractivity contribution in [3.8, 4) is 0 Å². The third-order valence-corrected chi connectivity index (χ3v) is 6.85. The summed E-state index contributed by atoms with van der Waals surface area (Å²) in [5.41, 5.74) is 3.41. The van der Waals surface area contributed by atoms with E-state index in [1.807, 2.05) is 66.2 Å². The maximum Gasteiger partial charge on any atom is 0.252 e. The Morgan fingerprint density at radius 1 is 1.00 bits per heavy atom. The van der Waals surface area contributed by atoms with E-state index in [1.165, 1.54) is 0 Å². The first-order valence-electron chi connectivity index (χ1n) is 10.8. The monoisotopic (exact) mass is 462 g/mol. The van der Waals surface area contributed by atoms with Crippen LogP contribution < -0.4 is 10.0 Å². The molecular weight excluding hydrogens is 436 g/mol. The fraction of sp³-hybridized carbons (Fsp3) is 0.200. The molecule has 7 nitrogen and oxygen atoms in total. The molecule has 8 heteroatoms. The van der Waals surface area contributed by atoms with Gasteiger partial charge in [0, 0.05) is 18.3 Å². The molecule has 0 radical (unpaired) electrons. The number of fused-ring (bicyclic) bond motifs is 1. The third kappa shape index (κ3) is 5.06. The average Bonchev–Trinajstić information content (AvgIpc) is 3.14. The van der Waals surface area contributed by atoms with Gasteiger partial charge in [0.25, 0.3) is 5.91 Å². The Labute approximate surface area is 193 Å². The smallest absolute Gasteiger partial charge is 0.252 e. The lowest BCUT2D eigenvalue weighted by atomic mass is 10.1. The number of aryl methyl sites for hydroxylation is 1. The number of imidazole rings is 1. The van der Waals surface area contributed by atoms with Crippen LogP contribution in [0.1, 0.15) is 41.1 Å². The number of hydrogen-bond acceptors (Lipinski definition) is 4. The summed E-state index contributed by atoms with van der Waals surface area (Å²) < 4.78 is 28.8. The first-order valence-corrected chi connectivity index (χ1v) is 12.4. The zero-order chi connectivity index (χ0) is 23.4. The highest BCUT2D eigenvalue weighted by Crippen LogP contribution is 2.25. The maximum atomic E-state index is 13.2. The standard InChI is InChI=1S/C25H26N4O3S/c1-3-16-33(31,32)28-20-13-9-12-19(17-20)25(30)27-23(18-10-5-4-6-11-18)24-26-21-14-7-8-15-22(21)29(24)2/h4-15,17,23,28H,3,16H2,1-2H3,(H,27,30). The minimum atomic E-state index is -3.45. The van der Waals surface area contributed by atoms with Crippen LogP contribution in [0, 0.1) is 0 Å². The second kappa shape index (κ2) is 9.46. The van der Waals surface area contributed by atoms with Gasteiger partial charge in [-0.3, -0.25) is 9.52 Å². The molecule has 0 saturated heterocycles. The number of anilines is 1. The van der Waals surface area contributed by atoms with Crippen LogP contribution in [0.25, 0.3) is 11.0 Å². The predicted molar refractivity (Wildman–Crippen MR) is 131 cm³/mol. The number of carbonyl (C=O) groups excluding carboxylic acids is 1. The number of aromatic nitrogens is 2. The summed E-state index contributed by atoms with van der Waals surface area (Å²) in [6.07, 6.45) is 0.506. The summed E-state index contributed by atoms with van der Waals surface area (Å²) in [6.45, 7) is 1.80. The van der Waals surface area contributed by atoms with E-state index < -0.39 is 16.1 Å². The van der Waals surface area contributed by atoms with Crippen molar-refractivity contribution in [3.05, 3.63) is 95.8 Å². The summed E-state index contributed by atoms with van der Waals surface area (Å²) in [7, 11) is -1.53. The Morgan fingerprint density at radius 3 is 2.45 bits per heavy atom. The Balaban J connectivity index is 1.67. The first-order chi connectivity index (χ1) is 15.9. The fourth-order valence-electron chi connectivity index (χ4n) is 3.80. The molecule has 0 aliphatic rings. The minimum absolute atomic E-state index is 0.0201. The molecule has 1 amide bonds. The zero-order valence-electron chi connectivity index (χ0n) is 18.5. The SMILES string of the molecule is CCCS(=O)(=O)Nc1cccc(C(=O)NC(c2ccccc2)c2nc3ccccc3n2C)c1. The minimum Gasteiger partial charge on any atom is -0.338 e. The molecule has 33 heavy (non-hydrogen) atoms. The number of sulfonamides is 1. The zero-order valence-corrected chi connectivity index (χ0v) is 19.3. The number of carbonyl (C=O) groups is 1. The van der Waals surface area contributed by atoms with E-state index in [9.17, 15) is 13.2 Å². The van der Waals surface area contributed by atoms with Gasteiger partial charge in [0.05, 0.1) is 16.8 Å². The summed E-state index contributed by atoms with van der Waals surface area (Å²) in [6, 6.07) is 23.4. The lowest BCUT2D eigenvalue weighted by Crippen LogP contribution is -2.31. The van der Waals surface area contributed by atoms with E-state index in [0.717, 1.165) is 16.6 Å². The van der Waals surface area contributed by atoms with Crippen LogP contribution in [0.5, 0.6) is 0 Å². The van der Waals surface area contributed by atoms with Gasteiger partial charge in [-0.2, -0.15) is 0 Å². The van der Waals surface area contributed by atoms with Crippen molar-refractivity contribution in [2.24, 2.45) is 7.05 Å². The molecule has 1 atom stereocenters. The molecule has 0 aliphatic heterocycles. The number of hydrogen-bond donors (Lipinski definition) is 2. The highest BCUT2D eigenvalue weighted by molar-refractivity contribution is 7.92. The summed E-state index contributed by atoms with van der Waals surface area (Å²) in [4.78, 5) is 18.0. The summed E-state index contributed by atoms with van der Waals surface area (Å²) in [5, 5.41) is 3.08. The Kier molecular flexibility index (Phi) is 6.46. The number of benzene rings is 3. The molecular formula is C25H26N4O3S. The molecule has 1 heterocycles. The molecule has 0 aliphatic carbocycles. The van der Waals surface area contributed by atoms with E-state index in [1.54, 1.807) is 31.2 Å². The van der Waals surface area contributed by atoms with Gasteiger partial charge in [-0.05, 0) is 42.3 Å². The molecule has 4 rings (SSSR count). The lowest BCUT2D eigenvalue weighted by Gasteiger charge is -2.19. The van der Waals surface area contributed by atoms with Gasteiger partial charge in [-0.25, -0.2) is 13.4 Å². The molecule has 170 valence electrons. The second-order valence-electron chi connectivity index (χ2n) is 7.84. The largest absolute Gasteiger partial charge is 0.338 e. The number of nitrogens with zero attached hydrogens (tertiary/aromatic N) is 2. The molecule has 2 N–H and O–H groups in total. The van der Waals surface area contributed by atoms with Crippen molar-refractivity contribution in [2.45, 2.75) is 19.4 Å². The van der Waals surface area contributed by atoms with Crippen molar-refractivity contribution in [1.29, 1.82) is 0 Å². The van der Waals surface area contributed by atoms with Gasteiger partial charge in [-0.15, -0.1) is 0 Å². The number of para-hydroxylation sites is 2. The van der Waals surface area contributed by atoms with E-state index >= 15 is 0 Å². The van der Waals surface area contributed by atoms with Crippen molar-refractivity contribution in [1.82, 2.24) is 14.9 Å². The predicted octanol–water partition coefficient (Wildman–Crippen LogP) is 4.24. The number of rotatable bonds is 8. The van der Waals surface area contributed by atoms with Gasteiger partial charge in [0.1, 0.15) is 11.9 Å². The Hall–Kier alpha value is -3.65. The van der Waals surface area contributed by atoms with Crippen molar-refractivity contribution >= 4 is 32.7 Å². The normalized spacial score (nSPS) is 12.4. The topological polar surface area (TPSA) is 93.1 Å². The maximum absolute atomic E-state index is 13.2. The van der Waals surface area contributed by atoms with Crippen LogP contribution in [-0.4, -0.2) is 29.6 Å². The molecule has 0 spiro atoms. The van der Waals surface area contributed by atoms with Crippen molar-refractivity contribution in [3.63, 3.8) is 0 Å². The number of nitrogens with one attached hydrogen (secondary N) is 2.